The topological polar surface area (TPSA) is 55.6 Å². The van der Waals surface area contributed by atoms with Crippen molar-refractivity contribution in [2.75, 3.05) is 5.32 Å². The fourth-order valence-corrected chi connectivity index (χ4v) is 3.08. The molecule has 0 saturated heterocycles. The van der Waals surface area contributed by atoms with Gasteiger partial charge in [0.1, 0.15) is 11.4 Å². The smallest absolute Gasteiger partial charge is 0.405 e. The summed E-state index contributed by atoms with van der Waals surface area (Å²) in [6.45, 7) is 1.98. The zero-order valence-corrected chi connectivity index (χ0v) is 15.8. The predicted octanol–water partition coefficient (Wildman–Crippen LogP) is 5.46. The number of nitrogens with one attached hydrogen (secondary N) is 1. The molecular formula is C22H16F3N3O2. The fourth-order valence-electron chi connectivity index (χ4n) is 3.08. The molecule has 30 heavy (non-hydrogen) atoms. The average Bonchev–Trinajstić information content (AvgIpc) is 3.13. The summed E-state index contributed by atoms with van der Waals surface area (Å²) < 4.78 is 43.5. The number of anilines is 1. The van der Waals surface area contributed by atoms with Gasteiger partial charge in [-0.05, 0) is 42.8 Å². The van der Waals surface area contributed by atoms with Crippen LogP contribution in [-0.2, 0) is 0 Å². The van der Waals surface area contributed by atoms with Gasteiger partial charge in [0.2, 0.25) is 0 Å². The van der Waals surface area contributed by atoms with E-state index in [1.54, 1.807) is 24.3 Å². The Balaban J connectivity index is 1.54. The van der Waals surface area contributed by atoms with Gasteiger partial charge in [-0.25, -0.2) is 4.98 Å². The van der Waals surface area contributed by atoms with Crippen molar-refractivity contribution >= 4 is 17.2 Å². The minimum absolute atomic E-state index is 0.213. The Hall–Kier alpha value is -3.81. The normalized spacial score (nSPS) is 11.5. The number of pyridine rings is 1. The number of aryl methyl sites for hydroxylation is 1. The summed E-state index contributed by atoms with van der Waals surface area (Å²) in [5.74, 6) is -1.26. The maximum atomic E-state index is 12.6. The number of benzene rings is 2. The maximum Gasteiger partial charge on any atom is 0.573 e. The van der Waals surface area contributed by atoms with Gasteiger partial charge in [-0.3, -0.25) is 4.79 Å². The molecule has 0 aliphatic heterocycles. The van der Waals surface area contributed by atoms with E-state index in [0.717, 1.165) is 28.5 Å². The lowest BCUT2D eigenvalue weighted by Crippen LogP contribution is -2.20. The Labute approximate surface area is 169 Å². The van der Waals surface area contributed by atoms with Gasteiger partial charge in [-0.1, -0.05) is 30.3 Å². The van der Waals surface area contributed by atoms with Crippen LogP contribution in [0.1, 0.15) is 15.9 Å². The number of alkyl halides is 3. The van der Waals surface area contributed by atoms with Gasteiger partial charge in [0, 0.05) is 23.6 Å². The lowest BCUT2D eigenvalue weighted by atomic mass is 10.1. The molecule has 0 aliphatic rings. The molecule has 4 rings (SSSR count). The van der Waals surface area contributed by atoms with E-state index in [0.29, 0.717) is 5.69 Å². The van der Waals surface area contributed by atoms with Crippen LogP contribution in [-0.4, -0.2) is 21.7 Å². The fraction of sp³-hybridized carbons (Fsp3) is 0.0909. The molecule has 0 atom stereocenters. The first-order valence-electron chi connectivity index (χ1n) is 9.01. The summed E-state index contributed by atoms with van der Waals surface area (Å²) in [6, 6.07) is 16.0. The molecule has 0 fully saturated rings. The second-order valence-corrected chi connectivity index (χ2v) is 6.62. The lowest BCUT2D eigenvalue weighted by molar-refractivity contribution is -0.274. The Morgan fingerprint density at radius 3 is 2.47 bits per heavy atom. The molecule has 1 N–H and O–H groups in total. The van der Waals surface area contributed by atoms with Gasteiger partial charge in [0.25, 0.3) is 5.91 Å². The number of amides is 1. The number of aromatic nitrogens is 2. The number of hydrogen-bond acceptors (Lipinski definition) is 3. The van der Waals surface area contributed by atoms with Gasteiger partial charge in [-0.15, -0.1) is 13.2 Å². The quantitative estimate of drug-likeness (QED) is 0.485. The van der Waals surface area contributed by atoms with E-state index in [-0.39, 0.29) is 5.56 Å². The number of nitrogens with zero attached hydrogens (tertiary/aromatic N) is 2. The molecule has 1 amide bonds. The van der Waals surface area contributed by atoms with Gasteiger partial charge in [0.05, 0.1) is 11.3 Å². The summed E-state index contributed by atoms with van der Waals surface area (Å²) in [4.78, 5) is 17.1. The van der Waals surface area contributed by atoms with Crippen molar-refractivity contribution in [2.45, 2.75) is 13.3 Å². The molecule has 0 radical (unpaired) electrons. The molecular weight excluding hydrogens is 395 g/mol. The zero-order chi connectivity index (χ0) is 21.3. The molecule has 0 aliphatic carbocycles. The number of carbonyl (C=O) groups excluding carboxylic acids is 1. The average molecular weight is 411 g/mol. The highest BCUT2D eigenvalue weighted by Gasteiger charge is 2.32. The van der Waals surface area contributed by atoms with Crippen LogP contribution < -0.4 is 10.1 Å². The van der Waals surface area contributed by atoms with Crippen LogP contribution in [0.4, 0.5) is 18.9 Å². The molecule has 0 spiro atoms. The molecule has 0 unspecified atom stereocenters. The molecule has 2 heterocycles. The molecule has 4 aromatic rings. The maximum absolute atomic E-state index is 12.6. The van der Waals surface area contributed by atoms with E-state index < -0.39 is 18.0 Å². The third kappa shape index (κ3) is 4.12. The van der Waals surface area contributed by atoms with E-state index in [9.17, 15) is 18.0 Å². The van der Waals surface area contributed by atoms with Crippen molar-refractivity contribution in [3.8, 4) is 17.0 Å². The van der Waals surface area contributed by atoms with Crippen LogP contribution in [0, 0.1) is 6.92 Å². The van der Waals surface area contributed by atoms with Gasteiger partial charge in [-0.2, -0.15) is 0 Å². The number of fused-ring (bicyclic) bond motifs is 1. The number of para-hydroxylation sites is 1. The minimum atomic E-state index is -4.88. The third-order valence-electron chi connectivity index (χ3n) is 4.47. The Kier molecular flexibility index (Phi) is 4.91. The molecule has 2 aromatic heterocycles. The molecule has 2 aromatic carbocycles. The number of rotatable bonds is 4. The van der Waals surface area contributed by atoms with Crippen LogP contribution in [0.15, 0.2) is 73.1 Å². The van der Waals surface area contributed by atoms with Crippen molar-refractivity contribution in [3.63, 3.8) is 0 Å². The summed E-state index contributed by atoms with van der Waals surface area (Å²) in [7, 11) is 0. The molecule has 8 heteroatoms. The zero-order valence-electron chi connectivity index (χ0n) is 15.8. The van der Waals surface area contributed by atoms with Crippen LogP contribution in [0.5, 0.6) is 5.75 Å². The number of hydrogen-bond donors (Lipinski definition) is 1. The molecule has 0 bridgehead atoms. The van der Waals surface area contributed by atoms with Crippen LogP contribution in [0.25, 0.3) is 16.9 Å². The van der Waals surface area contributed by atoms with E-state index in [4.69, 9.17) is 0 Å². The minimum Gasteiger partial charge on any atom is -0.405 e. The first kappa shape index (κ1) is 19.5. The van der Waals surface area contributed by atoms with Crippen molar-refractivity contribution in [2.24, 2.45) is 0 Å². The summed E-state index contributed by atoms with van der Waals surface area (Å²) in [5, 5.41) is 2.59. The van der Waals surface area contributed by atoms with Crippen molar-refractivity contribution < 1.29 is 22.7 Å². The summed E-state index contributed by atoms with van der Waals surface area (Å²) >= 11 is 0. The Bertz CT molecular complexity index is 1210. The van der Waals surface area contributed by atoms with E-state index in [1.165, 1.54) is 18.2 Å². The third-order valence-corrected chi connectivity index (χ3v) is 4.47. The lowest BCUT2D eigenvalue weighted by Gasteiger charge is -2.13. The highest BCUT2D eigenvalue weighted by Crippen LogP contribution is 2.27. The highest BCUT2D eigenvalue weighted by molar-refractivity contribution is 6.06. The van der Waals surface area contributed by atoms with Crippen molar-refractivity contribution in [1.29, 1.82) is 0 Å². The monoisotopic (exact) mass is 411 g/mol. The standard InChI is InChI=1S/C22H16F3N3O2/c1-14-5-4-12-28-13-18(27-20(14)28)15-8-10-16(11-9-15)26-21(29)17-6-2-3-7-19(17)30-22(23,24)25/h2-13H,1H3,(H,26,29). The summed E-state index contributed by atoms with van der Waals surface area (Å²) in [6.07, 6.45) is -1.07. The van der Waals surface area contributed by atoms with E-state index in [1.807, 2.05) is 35.9 Å². The van der Waals surface area contributed by atoms with Gasteiger partial charge in [0.15, 0.2) is 0 Å². The van der Waals surface area contributed by atoms with Gasteiger partial charge < -0.3 is 14.5 Å². The van der Waals surface area contributed by atoms with Crippen molar-refractivity contribution in [3.05, 3.63) is 84.2 Å². The molecule has 5 nitrogen and oxygen atoms in total. The molecule has 0 saturated carbocycles. The second kappa shape index (κ2) is 7.55. The number of carbonyl (C=O) groups is 1. The van der Waals surface area contributed by atoms with Crippen LogP contribution in [0.2, 0.25) is 0 Å². The Morgan fingerprint density at radius 2 is 1.77 bits per heavy atom. The van der Waals surface area contributed by atoms with E-state index in [2.05, 4.69) is 15.0 Å². The largest absolute Gasteiger partial charge is 0.573 e. The van der Waals surface area contributed by atoms with E-state index >= 15 is 0 Å². The number of ether oxygens (including phenoxy) is 1. The Morgan fingerprint density at radius 1 is 1.03 bits per heavy atom. The predicted molar refractivity (Wildman–Crippen MR) is 106 cm³/mol. The summed E-state index contributed by atoms with van der Waals surface area (Å²) in [5.41, 5.74) is 3.74. The first-order valence-corrected chi connectivity index (χ1v) is 9.01. The number of halogens is 3. The van der Waals surface area contributed by atoms with Gasteiger partial charge >= 0.3 is 6.36 Å². The number of imidazole rings is 1. The molecule has 152 valence electrons. The van der Waals surface area contributed by atoms with Crippen LogP contribution in [0.3, 0.4) is 0 Å². The first-order chi connectivity index (χ1) is 14.3. The second-order valence-electron chi connectivity index (χ2n) is 6.62. The van der Waals surface area contributed by atoms with Crippen LogP contribution >= 0.6 is 0 Å². The SMILES string of the molecule is Cc1cccn2cc(-c3ccc(NC(=O)c4ccccc4OC(F)(F)F)cc3)nc12. The van der Waals surface area contributed by atoms with Crippen molar-refractivity contribution in [1.82, 2.24) is 9.38 Å². The highest BCUT2D eigenvalue weighted by atomic mass is 19.4.